The van der Waals surface area contributed by atoms with Crippen LogP contribution < -0.4 is 11.1 Å². The van der Waals surface area contributed by atoms with Gasteiger partial charge in [-0.05, 0) is 37.5 Å². The topological polar surface area (TPSA) is 95.3 Å². The zero-order valence-corrected chi connectivity index (χ0v) is 20.9. The first-order valence-corrected chi connectivity index (χ1v) is 10.5. The molecule has 0 saturated carbocycles. The number of aryl methyl sites for hydroxylation is 1. The lowest BCUT2D eigenvalue weighted by atomic mass is 10.1. The maximum absolute atomic E-state index is 9.56. The normalized spacial score (nSPS) is 10.8. The Labute approximate surface area is 207 Å². The number of para-hydroxylation sites is 1. The summed E-state index contributed by atoms with van der Waals surface area (Å²) in [6.07, 6.45) is 1.41. The maximum Gasteiger partial charge on any atom is 0.193 e. The van der Waals surface area contributed by atoms with E-state index in [0.717, 1.165) is 31.2 Å². The Hall–Kier alpha value is -3.06. The standard InChI is InChI=1S/C24H29N7.HI/c1-3-27-24(30(2)18-19-11-6-4-7-12-19)28-16-10-15-22-21(17-25)23(26)31(29-22)20-13-8-5-9-14-20;/h4-9,11-14H,3,10,15-16,18,26H2,1-2H3,(H,27,28);1H. The Bertz CT molecular complexity index is 1040. The van der Waals surface area contributed by atoms with Gasteiger partial charge in [0.2, 0.25) is 0 Å². The molecule has 3 aromatic rings. The summed E-state index contributed by atoms with van der Waals surface area (Å²) in [6, 6.07) is 22.1. The number of hydrogen-bond donors (Lipinski definition) is 2. The average molecular weight is 543 g/mol. The van der Waals surface area contributed by atoms with E-state index in [4.69, 9.17) is 10.7 Å². The fourth-order valence-electron chi connectivity index (χ4n) is 3.37. The lowest BCUT2D eigenvalue weighted by Gasteiger charge is -2.22. The van der Waals surface area contributed by atoms with Crippen LogP contribution in [-0.2, 0) is 13.0 Å². The van der Waals surface area contributed by atoms with Gasteiger partial charge in [-0.15, -0.1) is 24.0 Å². The SMILES string of the molecule is CCNC(=NCCCc1nn(-c2ccccc2)c(N)c1C#N)N(C)Cc1ccccc1.I. The van der Waals surface area contributed by atoms with Gasteiger partial charge in [0.1, 0.15) is 17.5 Å². The van der Waals surface area contributed by atoms with Gasteiger partial charge in [0.25, 0.3) is 0 Å². The predicted octanol–water partition coefficient (Wildman–Crippen LogP) is 3.97. The smallest absolute Gasteiger partial charge is 0.193 e. The molecule has 0 radical (unpaired) electrons. The Morgan fingerprint density at radius 3 is 2.44 bits per heavy atom. The van der Waals surface area contributed by atoms with Gasteiger partial charge in [-0.3, -0.25) is 4.99 Å². The van der Waals surface area contributed by atoms with Crippen molar-refractivity contribution in [3.63, 3.8) is 0 Å². The molecule has 0 bridgehead atoms. The number of nitrogens with two attached hydrogens (primary N) is 1. The summed E-state index contributed by atoms with van der Waals surface area (Å²) in [6.45, 7) is 4.27. The van der Waals surface area contributed by atoms with Gasteiger partial charge in [0.05, 0.1) is 11.4 Å². The third kappa shape index (κ3) is 6.47. The Kier molecular flexibility index (Phi) is 10.0. The second-order valence-electron chi connectivity index (χ2n) is 7.25. The quantitative estimate of drug-likeness (QED) is 0.194. The minimum absolute atomic E-state index is 0. The van der Waals surface area contributed by atoms with Crippen LogP contribution in [-0.4, -0.2) is 40.8 Å². The summed E-state index contributed by atoms with van der Waals surface area (Å²) < 4.78 is 1.63. The highest BCUT2D eigenvalue weighted by molar-refractivity contribution is 14.0. The van der Waals surface area contributed by atoms with Crippen LogP contribution in [0.15, 0.2) is 65.7 Å². The minimum Gasteiger partial charge on any atom is -0.382 e. The van der Waals surface area contributed by atoms with E-state index in [1.807, 2.05) is 55.6 Å². The molecule has 3 N–H and O–H groups in total. The molecule has 0 spiro atoms. The number of nitrogens with zero attached hydrogens (tertiary/aromatic N) is 5. The fourth-order valence-corrected chi connectivity index (χ4v) is 3.37. The van der Waals surface area contributed by atoms with E-state index in [1.54, 1.807) is 4.68 Å². The number of anilines is 1. The van der Waals surface area contributed by atoms with Crippen LogP contribution in [0.25, 0.3) is 5.69 Å². The van der Waals surface area contributed by atoms with E-state index < -0.39 is 0 Å². The van der Waals surface area contributed by atoms with Gasteiger partial charge in [0.15, 0.2) is 5.96 Å². The number of guanidine groups is 1. The van der Waals surface area contributed by atoms with Gasteiger partial charge in [-0.25, -0.2) is 4.68 Å². The number of benzene rings is 2. The average Bonchev–Trinajstić information content (AvgIpc) is 3.12. The van der Waals surface area contributed by atoms with Crippen molar-refractivity contribution in [1.29, 1.82) is 5.26 Å². The molecule has 0 unspecified atom stereocenters. The summed E-state index contributed by atoms with van der Waals surface area (Å²) in [5, 5.41) is 17.5. The fraction of sp³-hybridized carbons (Fsp3) is 0.292. The van der Waals surface area contributed by atoms with Gasteiger partial charge < -0.3 is 16.0 Å². The number of aromatic nitrogens is 2. The van der Waals surface area contributed by atoms with Crippen LogP contribution >= 0.6 is 24.0 Å². The summed E-state index contributed by atoms with van der Waals surface area (Å²) >= 11 is 0. The maximum atomic E-state index is 9.56. The van der Waals surface area contributed by atoms with E-state index >= 15 is 0 Å². The number of nitriles is 1. The van der Waals surface area contributed by atoms with Gasteiger partial charge >= 0.3 is 0 Å². The summed E-state index contributed by atoms with van der Waals surface area (Å²) in [7, 11) is 2.03. The monoisotopic (exact) mass is 543 g/mol. The second-order valence-corrected chi connectivity index (χ2v) is 7.25. The molecule has 0 aliphatic carbocycles. The molecule has 0 aliphatic heterocycles. The summed E-state index contributed by atoms with van der Waals surface area (Å²) in [4.78, 5) is 6.86. The Balaban J connectivity index is 0.00000363. The molecule has 0 saturated heterocycles. The number of rotatable bonds is 8. The predicted molar refractivity (Wildman–Crippen MR) is 140 cm³/mol. The third-order valence-electron chi connectivity index (χ3n) is 4.90. The zero-order chi connectivity index (χ0) is 22.1. The highest BCUT2D eigenvalue weighted by atomic mass is 127. The Morgan fingerprint density at radius 1 is 1.16 bits per heavy atom. The van der Waals surface area contributed by atoms with Crippen LogP contribution in [0.1, 0.15) is 30.2 Å². The first-order chi connectivity index (χ1) is 15.1. The van der Waals surface area contributed by atoms with E-state index in [2.05, 4.69) is 40.4 Å². The molecule has 2 aromatic carbocycles. The number of aliphatic imine (C=N–C) groups is 1. The highest BCUT2D eigenvalue weighted by Crippen LogP contribution is 2.21. The largest absolute Gasteiger partial charge is 0.382 e. The van der Waals surface area contributed by atoms with Crippen LogP contribution in [0.4, 0.5) is 5.82 Å². The first kappa shape index (κ1) is 25.2. The van der Waals surface area contributed by atoms with Gasteiger partial charge in [-0.1, -0.05) is 48.5 Å². The minimum atomic E-state index is 0. The molecule has 8 heteroatoms. The van der Waals surface area contributed by atoms with Crippen molar-refractivity contribution in [1.82, 2.24) is 20.0 Å². The lowest BCUT2D eigenvalue weighted by molar-refractivity contribution is 0.476. The lowest BCUT2D eigenvalue weighted by Crippen LogP contribution is -2.38. The van der Waals surface area contributed by atoms with Crippen LogP contribution in [0.2, 0.25) is 0 Å². The highest BCUT2D eigenvalue weighted by Gasteiger charge is 2.16. The molecule has 1 heterocycles. The first-order valence-electron chi connectivity index (χ1n) is 10.5. The van der Waals surface area contributed by atoms with Crippen molar-refractivity contribution in [2.24, 2.45) is 4.99 Å². The third-order valence-corrected chi connectivity index (χ3v) is 4.90. The zero-order valence-electron chi connectivity index (χ0n) is 18.5. The molecule has 3 rings (SSSR count). The number of hydrogen-bond acceptors (Lipinski definition) is 4. The molecule has 0 aliphatic rings. The Morgan fingerprint density at radius 2 is 1.81 bits per heavy atom. The number of nitrogens with one attached hydrogen (secondary N) is 1. The van der Waals surface area contributed by atoms with E-state index in [0.29, 0.717) is 30.0 Å². The summed E-state index contributed by atoms with van der Waals surface area (Å²) in [5.41, 5.74) is 9.42. The van der Waals surface area contributed by atoms with Crippen molar-refractivity contribution in [3.8, 4) is 11.8 Å². The van der Waals surface area contributed by atoms with Crippen molar-refractivity contribution in [2.75, 3.05) is 25.9 Å². The van der Waals surface area contributed by atoms with E-state index in [1.165, 1.54) is 5.56 Å². The molecule has 0 amide bonds. The molecule has 0 fully saturated rings. The van der Waals surface area contributed by atoms with E-state index in [9.17, 15) is 5.26 Å². The molecular formula is C24H30IN7. The van der Waals surface area contributed by atoms with Crippen molar-refractivity contribution in [3.05, 3.63) is 77.5 Å². The van der Waals surface area contributed by atoms with Crippen molar-refractivity contribution < 1.29 is 0 Å². The van der Waals surface area contributed by atoms with Crippen LogP contribution in [0.3, 0.4) is 0 Å². The van der Waals surface area contributed by atoms with Crippen molar-refractivity contribution in [2.45, 2.75) is 26.3 Å². The van der Waals surface area contributed by atoms with Gasteiger partial charge in [-0.2, -0.15) is 10.4 Å². The second kappa shape index (κ2) is 12.7. The van der Waals surface area contributed by atoms with E-state index in [-0.39, 0.29) is 24.0 Å². The molecule has 1 aromatic heterocycles. The number of nitrogen functional groups attached to an aromatic ring is 1. The van der Waals surface area contributed by atoms with Crippen LogP contribution in [0.5, 0.6) is 0 Å². The summed E-state index contributed by atoms with van der Waals surface area (Å²) in [5.74, 6) is 1.24. The van der Waals surface area contributed by atoms with Gasteiger partial charge in [0, 0.05) is 26.7 Å². The van der Waals surface area contributed by atoms with Crippen LogP contribution in [0, 0.1) is 11.3 Å². The van der Waals surface area contributed by atoms with Crippen molar-refractivity contribution >= 4 is 35.8 Å². The molecular weight excluding hydrogens is 513 g/mol. The number of halogens is 1. The molecule has 32 heavy (non-hydrogen) atoms. The molecule has 168 valence electrons. The molecule has 0 atom stereocenters. The molecule has 7 nitrogen and oxygen atoms in total.